The lowest BCUT2D eigenvalue weighted by Gasteiger charge is -2.27. The van der Waals surface area contributed by atoms with Crippen LogP contribution in [0.5, 0.6) is 0 Å². The van der Waals surface area contributed by atoms with Gasteiger partial charge in [-0.25, -0.2) is 4.98 Å². The highest BCUT2D eigenvalue weighted by Gasteiger charge is 2.14. The molecule has 2 aromatic rings. The Bertz CT molecular complexity index is 598. The fourth-order valence-electron chi connectivity index (χ4n) is 1.95. The topological polar surface area (TPSA) is 93.1 Å². The lowest BCUT2D eigenvalue weighted by atomic mass is 10.3. The van der Waals surface area contributed by atoms with Crippen LogP contribution < -0.4 is 10.2 Å². The molecule has 108 valence electrons. The first-order valence-electron chi connectivity index (χ1n) is 6.57. The van der Waals surface area contributed by atoms with Gasteiger partial charge in [0.15, 0.2) is 17.3 Å². The van der Waals surface area contributed by atoms with Crippen LogP contribution in [0.2, 0.25) is 0 Å². The predicted molar refractivity (Wildman–Crippen MR) is 75.0 cm³/mol. The lowest BCUT2D eigenvalue weighted by Crippen LogP contribution is -2.37. The van der Waals surface area contributed by atoms with Crippen molar-refractivity contribution < 1.29 is 9.53 Å². The molecular weight excluding hydrogens is 272 g/mol. The number of nitrogens with one attached hydrogen (secondary N) is 1. The molecule has 1 amide bonds. The Balaban J connectivity index is 1.67. The Morgan fingerprint density at radius 3 is 2.71 bits per heavy atom. The molecular formula is C13H14N6O2. The highest BCUT2D eigenvalue weighted by molar-refractivity contribution is 6.02. The molecule has 8 heteroatoms. The van der Waals surface area contributed by atoms with E-state index in [0.717, 1.165) is 18.9 Å². The van der Waals surface area contributed by atoms with Gasteiger partial charge in [-0.3, -0.25) is 9.78 Å². The smallest absolute Gasteiger partial charge is 0.277 e. The molecule has 21 heavy (non-hydrogen) atoms. The van der Waals surface area contributed by atoms with Crippen molar-refractivity contribution in [3.05, 3.63) is 36.4 Å². The summed E-state index contributed by atoms with van der Waals surface area (Å²) in [6.07, 6.45) is 4.50. The molecule has 0 saturated carbocycles. The maximum atomic E-state index is 12.0. The van der Waals surface area contributed by atoms with Crippen molar-refractivity contribution in [2.45, 2.75) is 0 Å². The highest BCUT2D eigenvalue weighted by Crippen LogP contribution is 2.12. The molecule has 1 fully saturated rings. The Morgan fingerprint density at radius 2 is 2.05 bits per heavy atom. The van der Waals surface area contributed by atoms with Crippen LogP contribution in [0.4, 0.5) is 11.6 Å². The second-order valence-electron chi connectivity index (χ2n) is 4.42. The first kappa shape index (κ1) is 13.4. The van der Waals surface area contributed by atoms with Crippen molar-refractivity contribution >= 4 is 17.5 Å². The summed E-state index contributed by atoms with van der Waals surface area (Å²) in [5.41, 5.74) is 0.234. The van der Waals surface area contributed by atoms with Crippen LogP contribution in [0.25, 0.3) is 0 Å². The van der Waals surface area contributed by atoms with E-state index in [9.17, 15) is 4.79 Å². The summed E-state index contributed by atoms with van der Waals surface area (Å²) in [7, 11) is 0. The van der Waals surface area contributed by atoms with Gasteiger partial charge in [0.2, 0.25) is 0 Å². The van der Waals surface area contributed by atoms with E-state index >= 15 is 0 Å². The molecule has 1 aliphatic rings. The van der Waals surface area contributed by atoms with Gasteiger partial charge in [-0.1, -0.05) is 0 Å². The zero-order valence-corrected chi connectivity index (χ0v) is 11.3. The van der Waals surface area contributed by atoms with E-state index in [4.69, 9.17) is 4.74 Å². The van der Waals surface area contributed by atoms with Gasteiger partial charge in [-0.05, 0) is 12.1 Å². The largest absolute Gasteiger partial charge is 0.378 e. The van der Waals surface area contributed by atoms with Crippen molar-refractivity contribution in [3.63, 3.8) is 0 Å². The number of amides is 1. The molecule has 3 rings (SSSR count). The number of morpholine rings is 1. The maximum Gasteiger partial charge on any atom is 0.277 e. The number of aromatic nitrogens is 4. The summed E-state index contributed by atoms with van der Waals surface area (Å²) in [6, 6.07) is 3.42. The van der Waals surface area contributed by atoms with Crippen molar-refractivity contribution in [1.82, 2.24) is 20.2 Å². The second kappa shape index (κ2) is 6.23. The van der Waals surface area contributed by atoms with E-state index in [1.807, 2.05) is 0 Å². The van der Waals surface area contributed by atoms with Crippen molar-refractivity contribution in [1.29, 1.82) is 0 Å². The number of ether oxygens (including phenoxy) is 1. The molecule has 0 aromatic carbocycles. The van der Waals surface area contributed by atoms with Crippen LogP contribution in [-0.2, 0) is 4.74 Å². The summed E-state index contributed by atoms with van der Waals surface area (Å²) >= 11 is 0. The maximum absolute atomic E-state index is 12.0. The SMILES string of the molecule is O=C(Nc1cnccn1)c1ccc(N2CCOCC2)nn1. The van der Waals surface area contributed by atoms with Crippen LogP contribution in [0.15, 0.2) is 30.7 Å². The van der Waals surface area contributed by atoms with Gasteiger partial charge in [0, 0.05) is 25.5 Å². The monoisotopic (exact) mass is 286 g/mol. The number of carbonyl (C=O) groups excluding carboxylic acids is 1. The summed E-state index contributed by atoms with van der Waals surface area (Å²) in [4.78, 5) is 21.9. The summed E-state index contributed by atoms with van der Waals surface area (Å²) in [5.74, 6) is 0.757. The predicted octanol–water partition coefficient (Wildman–Crippen LogP) is 0.355. The molecule has 0 atom stereocenters. The number of carbonyl (C=O) groups is 1. The Morgan fingerprint density at radius 1 is 1.19 bits per heavy atom. The van der Waals surface area contributed by atoms with Gasteiger partial charge >= 0.3 is 0 Å². The number of anilines is 2. The molecule has 0 bridgehead atoms. The molecule has 0 spiro atoms. The fraction of sp³-hybridized carbons (Fsp3) is 0.308. The van der Waals surface area contributed by atoms with E-state index in [1.54, 1.807) is 12.1 Å². The van der Waals surface area contributed by atoms with Crippen LogP contribution in [-0.4, -0.2) is 52.4 Å². The Labute approximate surface area is 121 Å². The highest BCUT2D eigenvalue weighted by atomic mass is 16.5. The Kier molecular flexibility index (Phi) is 3.97. The summed E-state index contributed by atoms with van der Waals surface area (Å²) < 4.78 is 5.28. The van der Waals surface area contributed by atoms with Crippen LogP contribution >= 0.6 is 0 Å². The van der Waals surface area contributed by atoms with Crippen molar-refractivity contribution in [3.8, 4) is 0 Å². The van der Waals surface area contributed by atoms with E-state index in [-0.39, 0.29) is 11.6 Å². The number of rotatable bonds is 3. The third-order valence-electron chi connectivity index (χ3n) is 3.02. The number of hydrogen-bond acceptors (Lipinski definition) is 7. The van der Waals surface area contributed by atoms with E-state index in [2.05, 4.69) is 30.4 Å². The van der Waals surface area contributed by atoms with Gasteiger partial charge in [-0.15, -0.1) is 10.2 Å². The van der Waals surface area contributed by atoms with E-state index in [0.29, 0.717) is 19.0 Å². The zero-order valence-electron chi connectivity index (χ0n) is 11.3. The van der Waals surface area contributed by atoms with Crippen LogP contribution in [0, 0.1) is 0 Å². The van der Waals surface area contributed by atoms with E-state index in [1.165, 1.54) is 18.6 Å². The normalized spacial score (nSPS) is 14.8. The summed E-state index contributed by atoms with van der Waals surface area (Å²) in [5, 5.41) is 10.7. The summed E-state index contributed by atoms with van der Waals surface area (Å²) in [6.45, 7) is 2.91. The molecule has 1 aliphatic heterocycles. The van der Waals surface area contributed by atoms with Gasteiger partial charge in [0.25, 0.3) is 5.91 Å². The van der Waals surface area contributed by atoms with Crippen molar-refractivity contribution in [2.24, 2.45) is 0 Å². The first-order chi connectivity index (χ1) is 10.3. The molecule has 1 N–H and O–H groups in total. The molecule has 0 unspecified atom stereocenters. The van der Waals surface area contributed by atoms with E-state index < -0.39 is 0 Å². The molecule has 2 aromatic heterocycles. The van der Waals surface area contributed by atoms with Crippen LogP contribution in [0.1, 0.15) is 10.5 Å². The molecule has 3 heterocycles. The zero-order chi connectivity index (χ0) is 14.5. The van der Waals surface area contributed by atoms with Crippen LogP contribution in [0.3, 0.4) is 0 Å². The second-order valence-corrected chi connectivity index (χ2v) is 4.42. The van der Waals surface area contributed by atoms with Gasteiger partial charge in [0.05, 0.1) is 19.4 Å². The minimum atomic E-state index is -0.364. The third-order valence-corrected chi connectivity index (χ3v) is 3.02. The number of hydrogen-bond donors (Lipinski definition) is 1. The van der Waals surface area contributed by atoms with Gasteiger partial charge < -0.3 is 15.0 Å². The molecule has 1 saturated heterocycles. The quantitative estimate of drug-likeness (QED) is 0.870. The third kappa shape index (κ3) is 3.29. The van der Waals surface area contributed by atoms with Gasteiger partial charge in [0.1, 0.15) is 0 Å². The standard InChI is InChI=1S/C13H14N6O2/c20-13(16-11-9-14-3-4-15-11)10-1-2-12(18-17-10)19-5-7-21-8-6-19/h1-4,9H,5-8H2,(H,15,16,20). The average Bonchev–Trinajstić information content (AvgIpc) is 2.57. The van der Waals surface area contributed by atoms with Crippen molar-refractivity contribution in [2.75, 3.05) is 36.5 Å². The minimum absolute atomic E-state index is 0.234. The minimum Gasteiger partial charge on any atom is -0.378 e. The molecule has 0 radical (unpaired) electrons. The average molecular weight is 286 g/mol. The Hall–Kier alpha value is -2.61. The van der Waals surface area contributed by atoms with Gasteiger partial charge in [-0.2, -0.15) is 0 Å². The molecule has 0 aliphatic carbocycles. The fourth-order valence-corrected chi connectivity index (χ4v) is 1.95. The first-order valence-corrected chi connectivity index (χ1v) is 6.57. The number of nitrogens with zero attached hydrogens (tertiary/aromatic N) is 5. The lowest BCUT2D eigenvalue weighted by molar-refractivity contribution is 0.102. The molecule has 8 nitrogen and oxygen atoms in total.